The molecule has 0 aliphatic carbocycles. The molecule has 1 atom stereocenters. The fraction of sp³-hybridized carbons (Fsp3) is 0.435. The van der Waals surface area contributed by atoms with E-state index in [9.17, 15) is 0 Å². The van der Waals surface area contributed by atoms with E-state index in [0.717, 1.165) is 55.0 Å². The molecule has 0 saturated carbocycles. The van der Waals surface area contributed by atoms with Crippen LogP contribution in [0.5, 0.6) is 11.5 Å². The van der Waals surface area contributed by atoms with Crippen molar-refractivity contribution in [2.24, 2.45) is 0 Å². The second kappa shape index (κ2) is 7.96. The van der Waals surface area contributed by atoms with Crippen molar-refractivity contribution in [1.82, 2.24) is 14.5 Å². The smallest absolute Gasteiger partial charge is 0.185 e. The minimum absolute atomic E-state index is 0.00566. The zero-order valence-corrected chi connectivity index (χ0v) is 18.6. The Hall–Kier alpha value is -2.51. The standard InChI is InChI=1S/C23H28N4O2S/c1-16-12-19(20-15-30-23(24-20)26-10-8-25(3)9-11-26)17(2)27(16)13-18-14-28-21-6-4-5-7-22(21)29-18/h4-7,12,15,18H,8-11,13-14H2,1-3H3/t18-/m0/s1. The van der Waals surface area contributed by atoms with Gasteiger partial charge < -0.3 is 23.8 Å². The van der Waals surface area contributed by atoms with E-state index >= 15 is 0 Å². The molecule has 1 saturated heterocycles. The van der Waals surface area contributed by atoms with E-state index in [1.165, 1.54) is 17.0 Å². The molecule has 30 heavy (non-hydrogen) atoms. The molecule has 7 heteroatoms. The quantitative estimate of drug-likeness (QED) is 0.637. The molecular formula is C23H28N4O2S. The number of likely N-dealkylation sites (N-methyl/N-ethyl adjacent to an activating group) is 1. The molecule has 2 aliphatic rings. The van der Waals surface area contributed by atoms with Crippen LogP contribution in [-0.2, 0) is 6.54 Å². The number of benzene rings is 1. The largest absolute Gasteiger partial charge is 0.486 e. The summed E-state index contributed by atoms with van der Waals surface area (Å²) in [7, 11) is 2.18. The van der Waals surface area contributed by atoms with Crippen molar-refractivity contribution in [1.29, 1.82) is 0 Å². The lowest BCUT2D eigenvalue weighted by atomic mass is 10.2. The summed E-state index contributed by atoms with van der Waals surface area (Å²) in [5.41, 5.74) is 4.73. The van der Waals surface area contributed by atoms with Gasteiger partial charge in [0.1, 0.15) is 6.61 Å². The summed E-state index contributed by atoms with van der Waals surface area (Å²) in [5, 5.41) is 3.32. The van der Waals surface area contributed by atoms with Gasteiger partial charge in [-0.15, -0.1) is 11.3 Å². The highest BCUT2D eigenvalue weighted by Crippen LogP contribution is 2.34. The number of nitrogens with zero attached hydrogens (tertiary/aromatic N) is 4. The van der Waals surface area contributed by atoms with E-state index in [4.69, 9.17) is 14.5 Å². The Morgan fingerprint density at radius 2 is 1.87 bits per heavy atom. The Labute approximate surface area is 181 Å². The molecule has 5 rings (SSSR count). The summed E-state index contributed by atoms with van der Waals surface area (Å²) < 4.78 is 14.4. The third kappa shape index (κ3) is 3.68. The van der Waals surface area contributed by atoms with Gasteiger partial charge in [0.25, 0.3) is 0 Å². The Morgan fingerprint density at radius 3 is 2.67 bits per heavy atom. The number of piperazine rings is 1. The van der Waals surface area contributed by atoms with Crippen LogP contribution in [0.15, 0.2) is 35.7 Å². The first-order valence-corrected chi connectivity index (χ1v) is 11.4. The minimum atomic E-state index is -0.00566. The van der Waals surface area contributed by atoms with E-state index in [-0.39, 0.29) is 6.10 Å². The van der Waals surface area contributed by atoms with Crippen LogP contribution in [0, 0.1) is 13.8 Å². The summed E-state index contributed by atoms with van der Waals surface area (Å²) in [6.07, 6.45) is -0.00566. The van der Waals surface area contributed by atoms with Crippen molar-refractivity contribution in [2.45, 2.75) is 26.5 Å². The zero-order chi connectivity index (χ0) is 20.7. The number of thiazole rings is 1. The molecule has 0 unspecified atom stereocenters. The summed E-state index contributed by atoms with van der Waals surface area (Å²) in [6, 6.07) is 10.1. The van der Waals surface area contributed by atoms with Gasteiger partial charge in [-0.3, -0.25) is 0 Å². The van der Waals surface area contributed by atoms with Crippen LogP contribution in [0.2, 0.25) is 0 Å². The first kappa shape index (κ1) is 19.5. The topological polar surface area (TPSA) is 42.8 Å². The molecule has 1 aromatic carbocycles. The molecule has 4 heterocycles. The van der Waals surface area contributed by atoms with Gasteiger partial charge in [0, 0.05) is 48.5 Å². The molecule has 0 spiro atoms. The van der Waals surface area contributed by atoms with E-state index in [1.807, 2.05) is 24.3 Å². The maximum absolute atomic E-state index is 6.18. The summed E-state index contributed by atoms with van der Waals surface area (Å²) in [5.74, 6) is 1.65. The average molecular weight is 425 g/mol. The molecular weight excluding hydrogens is 396 g/mol. The maximum atomic E-state index is 6.18. The predicted octanol–water partition coefficient (Wildman–Crippen LogP) is 3.82. The van der Waals surface area contributed by atoms with Gasteiger partial charge in [0.05, 0.1) is 12.2 Å². The number of aromatic nitrogens is 2. The lowest BCUT2D eigenvalue weighted by molar-refractivity contribution is 0.0778. The highest BCUT2D eigenvalue weighted by Gasteiger charge is 2.24. The molecule has 1 fully saturated rings. The fourth-order valence-electron chi connectivity index (χ4n) is 4.23. The lowest BCUT2D eigenvalue weighted by Crippen LogP contribution is -2.44. The van der Waals surface area contributed by atoms with Crippen LogP contribution in [0.3, 0.4) is 0 Å². The molecule has 0 radical (unpaired) electrons. The zero-order valence-electron chi connectivity index (χ0n) is 17.8. The monoisotopic (exact) mass is 424 g/mol. The van der Waals surface area contributed by atoms with Crippen molar-refractivity contribution < 1.29 is 9.47 Å². The minimum Gasteiger partial charge on any atom is -0.486 e. The Kier molecular flexibility index (Phi) is 5.16. The number of para-hydroxylation sites is 2. The van der Waals surface area contributed by atoms with Crippen LogP contribution < -0.4 is 14.4 Å². The first-order valence-electron chi connectivity index (χ1n) is 10.5. The van der Waals surface area contributed by atoms with Crippen LogP contribution in [0.4, 0.5) is 5.13 Å². The van der Waals surface area contributed by atoms with Crippen molar-refractivity contribution in [2.75, 3.05) is 44.7 Å². The molecule has 2 aromatic heterocycles. The summed E-state index contributed by atoms with van der Waals surface area (Å²) >= 11 is 1.75. The number of rotatable bonds is 4. The van der Waals surface area contributed by atoms with Crippen molar-refractivity contribution in [3.8, 4) is 22.8 Å². The van der Waals surface area contributed by atoms with Gasteiger partial charge in [-0.25, -0.2) is 4.98 Å². The number of hydrogen-bond acceptors (Lipinski definition) is 6. The summed E-state index contributed by atoms with van der Waals surface area (Å²) in [6.45, 7) is 9.93. The number of anilines is 1. The number of fused-ring (bicyclic) bond motifs is 1. The number of aryl methyl sites for hydroxylation is 1. The van der Waals surface area contributed by atoms with Gasteiger partial charge in [-0.1, -0.05) is 12.1 Å². The Bertz CT molecular complexity index is 1040. The van der Waals surface area contributed by atoms with Crippen molar-refractivity contribution in [3.05, 3.63) is 47.1 Å². The van der Waals surface area contributed by atoms with E-state index in [0.29, 0.717) is 6.61 Å². The summed E-state index contributed by atoms with van der Waals surface area (Å²) in [4.78, 5) is 9.75. The molecule has 3 aromatic rings. The highest BCUT2D eigenvalue weighted by molar-refractivity contribution is 7.14. The maximum Gasteiger partial charge on any atom is 0.185 e. The van der Waals surface area contributed by atoms with Gasteiger partial charge >= 0.3 is 0 Å². The van der Waals surface area contributed by atoms with E-state index in [1.54, 1.807) is 11.3 Å². The van der Waals surface area contributed by atoms with E-state index in [2.05, 4.69) is 46.7 Å². The molecule has 0 bridgehead atoms. The first-order chi connectivity index (χ1) is 14.6. The van der Waals surface area contributed by atoms with Crippen LogP contribution in [0.1, 0.15) is 11.4 Å². The molecule has 6 nitrogen and oxygen atoms in total. The van der Waals surface area contributed by atoms with Gasteiger partial charge in [-0.2, -0.15) is 0 Å². The van der Waals surface area contributed by atoms with Crippen molar-refractivity contribution >= 4 is 16.5 Å². The van der Waals surface area contributed by atoms with Crippen LogP contribution in [-0.4, -0.2) is 60.4 Å². The van der Waals surface area contributed by atoms with Gasteiger partial charge in [-0.05, 0) is 39.1 Å². The third-order valence-electron chi connectivity index (χ3n) is 6.07. The lowest BCUT2D eigenvalue weighted by Gasteiger charge is -2.32. The Balaban J connectivity index is 1.33. The second-order valence-corrected chi connectivity index (χ2v) is 9.04. The average Bonchev–Trinajstić information content (AvgIpc) is 3.35. The molecule has 2 aliphatic heterocycles. The Morgan fingerprint density at radius 1 is 1.10 bits per heavy atom. The third-order valence-corrected chi connectivity index (χ3v) is 6.97. The number of ether oxygens (including phenoxy) is 2. The fourth-order valence-corrected chi connectivity index (χ4v) is 5.11. The van der Waals surface area contributed by atoms with Gasteiger partial charge in [0.2, 0.25) is 0 Å². The SMILES string of the molecule is Cc1cc(-c2csc(N3CCN(C)CC3)n2)c(C)n1C[C@H]1COc2ccccc2O1. The molecule has 158 valence electrons. The predicted molar refractivity (Wildman–Crippen MR) is 121 cm³/mol. The van der Waals surface area contributed by atoms with Crippen LogP contribution in [0.25, 0.3) is 11.3 Å². The van der Waals surface area contributed by atoms with Crippen LogP contribution >= 0.6 is 11.3 Å². The van der Waals surface area contributed by atoms with Gasteiger partial charge in [0.15, 0.2) is 22.7 Å². The highest BCUT2D eigenvalue weighted by atomic mass is 32.1. The van der Waals surface area contributed by atoms with Crippen molar-refractivity contribution in [3.63, 3.8) is 0 Å². The molecule has 0 N–H and O–H groups in total. The molecule has 0 amide bonds. The number of hydrogen-bond donors (Lipinski definition) is 0. The normalized spacial score (nSPS) is 19.3. The second-order valence-electron chi connectivity index (χ2n) is 8.20. The van der Waals surface area contributed by atoms with E-state index < -0.39 is 0 Å².